The van der Waals surface area contributed by atoms with Crippen LogP contribution < -0.4 is 15.8 Å². The SMILES string of the molecule is C[C@@]1(F)C2OP(=O)(Oc3ccccc3)OC[C@H]2O[C@H]1n1ccc(=O)[nH]c1=O. The van der Waals surface area contributed by atoms with Crippen molar-refractivity contribution in [2.24, 2.45) is 0 Å². The third-order valence-corrected chi connectivity index (χ3v) is 5.77. The minimum atomic E-state index is -4.09. The Hall–Kier alpha value is -2.26. The Kier molecular flexibility index (Phi) is 4.31. The van der Waals surface area contributed by atoms with Crippen molar-refractivity contribution >= 4 is 7.82 Å². The van der Waals surface area contributed by atoms with Crippen LogP contribution in [0.4, 0.5) is 4.39 Å². The van der Waals surface area contributed by atoms with Gasteiger partial charge in [-0.15, -0.1) is 0 Å². The maximum absolute atomic E-state index is 15.5. The first-order valence-corrected chi connectivity index (χ1v) is 9.58. The summed E-state index contributed by atoms with van der Waals surface area (Å²) < 4.78 is 50.6. The Labute approximate surface area is 152 Å². The number of phosphoric acid groups is 1. The fourth-order valence-electron chi connectivity index (χ4n) is 3.11. The van der Waals surface area contributed by atoms with Gasteiger partial charge in [0.05, 0.1) is 6.61 Å². The number of phosphoric ester groups is 1. The molecule has 11 heteroatoms. The van der Waals surface area contributed by atoms with Gasteiger partial charge in [0.2, 0.25) is 0 Å². The standard InChI is InChI=1S/C16H16FN2O7P/c1-16(17)13-11(24-14(16)19-8-7-12(20)18-15(19)21)9-23-27(22,26-13)25-10-5-3-2-4-6-10/h2-8,11,13-14H,9H2,1H3,(H,18,20,21)/t11-,13?,14-,16-,27?/m1/s1. The summed E-state index contributed by atoms with van der Waals surface area (Å²) in [6.07, 6.45) is -2.49. The Morgan fingerprint density at radius 3 is 2.74 bits per heavy atom. The van der Waals surface area contributed by atoms with Crippen LogP contribution >= 0.6 is 7.82 Å². The molecule has 0 spiro atoms. The molecule has 0 saturated carbocycles. The van der Waals surface area contributed by atoms with Crippen molar-refractivity contribution in [1.29, 1.82) is 0 Å². The predicted molar refractivity (Wildman–Crippen MR) is 90.2 cm³/mol. The van der Waals surface area contributed by atoms with Gasteiger partial charge in [-0.2, -0.15) is 0 Å². The second kappa shape index (κ2) is 6.42. The van der Waals surface area contributed by atoms with Crippen molar-refractivity contribution in [3.05, 3.63) is 63.4 Å². The predicted octanol–water partition coefficient (Wildman–Crippen LogP) is 1.76. The molecule has 2 aromatic rings. The first-order valence-electron chi connectivity index (χ1n) is 8.12. The largest absolute Gasteiger partial charge is 0.530 e. The molecule has 27 heavy (non-hydrogen) atoms. The number of aromatic amines is 1. The summed E-state index contributed by atoms with van der Waals surface area (Å²) in [4.78, 5) is 25.3. The minimum Gasteiger partial charge on any atom is -0.404 e. The number of fused-ring (bicyclic) bond motifs is 1. The lowest BCUT2D eigenvalue weighted by molar-refractivity contribution is -0.0681. The maximum atomic E-state index is 15.5. The fraction of sp³-hybridized carbons (Fsp3) is 0.375. The highest BCUT2D eigenvalue weighted by atomic mass is 31.2. The van der Waals surface area contributed by atoms with Crippen LogP contribution in [-0.2, 0) is 18.3 Å². The van der Waals surface area contributed by atoms with Gasteiger partial charge in [-0.3, -0.25) is 23.4 Å². The van der Waals surface area contributed by atoms with Crippen LogP contribution in [-0.4, -0.2) is 34.0 Å². The highest BCUT2D eigenvalue weighted by molar-refractivity contribution is 7.49. The third-order valence-electron chi connectivity index (χ3n) is 4.38. The molecule has 2 unspecified atom stereocenters. The molecular weight excluding hydrogens is 382 g/mol. The normalized spacial score (nSPS) is 35.6. The zero-order chi connectivity index (χ0) is 19.2. The number of alkyl halides is 1. The van der Waals surface area contributed by atoms with E-state index in [0.717, 1.165) is 23.8 Å². The molecule has 9 nitrogen and oxygen atoms in total. The molecule has 0 bridgehead atoms. The van der Waals surface area contributed by atoms with E-state index in [9.17, 15) is 14.2 Å². The zero-order valence-corrected chi connectivity index (χ0v) is 15.0. The average molecular weight is 398 g/mol. The molecule has 0 amide bonds. The number of para-hydroxylation sites is 1. The quantitative estimate of drug-likeness (QED) is 0.785. The second-order valence-electron chi connectivity index (χ2n) is 6.37. The molecular formula is C16H16FN2O7P. The lowest BCUT2D eigenvalue weighted by Crippen LogP contribution is -2.46. The summed E-state index contributed by atoms with van der Waals surface area (Å²) in [5.41, 5.74) is -3.70. The van der Waals surface area contributed by atoms with E-state index in [0.29, 0.717) is 0 Å². The van der Waals surface area contributed by atoms with Crippen molar-refractivity contribution in [3.63, 3.8) is 0 Å². The highest BCUT2D eigenvalue weighted by Crippen LogP contribution is 2.59. The van der Waals surface area contributed by atoms with E-state index in [1.807, 2.05) is 4.98 Å². The van der Waals surface area contributed by atoms with Crippen molar-refractivity contribution < 1.29 is 27.3 Å². The summed E-state index contributed by atoms with van der Waals surface area (Å²) in [6, 6.07) is 9.28. The topological polar surface area (TPSA) is 109 Å². The van der Waals surface area contributed by atoms with Gasteiger partial charge in [0.25, 0.3) is 5.56 Å². The maximum Gasteiger partial charge on any atom is 0.530 e. The van der Waals surface area contributed by atoms with E-state index in [1.54, 1.807) is 30.3 Å². The van der Waals surface area contributed by atoms with Crippen molar-refractivity contribution in [1.82, 2.24) is 9.55 Å². The number of halogens is 1. The number of hydrogen-bond donors (Lipinski definition) is 1. The third kappa shape index (κ3) is 3.25. The van der Waals surface area contributed by atoms with Gasteiger partial charge in [0.15, 0.2) is 11.9 Å². The van der Waals surface area contributed by atoms with Gasteiger partial charge in [-0.25, -0.2) is 13.8 Å². The highest BCUT2D eigenvalue weighted by Gasteiger charge is 2.62. The lowest BCUT2D eigenvalue weighted by Gasteiger charge is -2.33. The van der Waals surface area contributed by atoms with Gasteiger partial charge in [-0.05, 0) is 19.1 Å². The van der Waals surface area contributed by atoms with Gasteiger partial charge >= 0.3 is 13.5 Å². The van der Waals surface area contributed by atoms with Crippen LogP contribution in [0, 0.1) is 0 Å². The monoisotopic (exact) mass is 398 g/mol. The van der Waals surface area contributed by atoms with E-state index in [2.05, 4.69) is 0 Å². The van der Waals surface area contributed by atoms with E-state index in [4.69, 9.17) is 18.3 Å². The Morgan fingerprint density at radius 2 is 2.04 bits per heavy atom. The van der Waals surface area contributed by atoms with Crippen LogP contribution in [0.2, 0.25) is 0 Å². The molecule has 0 aliphatic carbocycles. The number of H-pyrrole nitrogens is 1. The van der Waals surface area contributed by atoms with Crippen molar-refractivity contribution in [2.45, 2.75) is 31.0 Å². The van der Waals surface area contributed by atoms with Crippen LogP contribution in [0.1, 0.15) is 13.2 Å². The molecule has 1 N–H and O–H groups in total. The summed E-state index contributed by atoms with van der Waals surface area (Å²) in [5.74, 6) is 0.243. The van der Waals surface area contributed by atoms with E-state index >= 15 is 4.39 Å². The molecule has 1 aromatic carbocycles. The van der Waals surface area contributed by atoms with Crippen LogP contribution in [0.3, 0.4) is 0 Å². The smallest absolute Gasteiger partial charge is 0.404 e. The van der Waals surface area contributed by atoms with Crippen molar-refractivity contribution in [2.75, 3.05) is 6.61 Å². The molecule has 2 fully saturated rings. The van der Waals surface area contributed by atoms with Crippen LogP contribution in [0.5, 0.6) is 5.75 Å². The van der Waals surface area contributed by atoms with E-state index in [1.165, 1.54) is 0 Å². The summed E-state index contributed by atoms with van der Waals surface area (Å²) in [7, 11) is -4.09. The van der Waals surface area contributed by atoms with Crippen LogP contribution in [0.25, 0.3) is 0 Å². The second-order valence-corrected chi connectivity index (χ2v) is 7.91. The molecule has 2 saturated heterocycles. The van der Waals surface area contributed by atoms with Gasteiger partial charge in [0, 0.05) is 12.3 Å². The first kappa shape index (κ1) is 18.1. The van der Waals surface area contributed by atoms with Crippen LogP contribution in [0.15, 0.2) is 52.2 Å². The fourth-order valence-corrected chi connectivity index (χ4v) is 4.60. The molecule has 1 aromatic heterocycles. The number of benzene rings is 1. The van der Waals surface area contributed by atoms with Gasteiger partial charge in [0.1, 0.15) is 18.0 Å². The molecule has 5 atom stereocenters. The zero-order valence-electron chi connectivity index (χ0n) is 14.1. The summed E-state index contributed by atoms with van der Waals surface area (Å²) in [5, 5.41) is 0. The molecule has 0 radical (unpaired) electrons. The van der Waals surface area contributed by atoms with E-state index < -0.39 is 43.2 Å². The van der Waals surface area contributed by atoms with Crippen molar-refractivity contribution in [3.8, 4) is 5.75 Å². The first-order chi connectivity index (χ1) is 12.8. The average Bonchev–Trinajstić information content (AvgIpc) is 2.86. The summed E-state index contributed by atoms with van der Waals surface area (Å²) >= 11 is 0. The number of rotatable bonds is 3. The number of aromatic nitrogens is 2. The molecule has 3 heterocycles. The van der Waals surface area contributed by atoms with E-state index in [-0.39, 0.29) is 12.4 Å². The molecule has 144 valence electrons. The number of nitrogens with one attached hydrogen (secondary N) is 1. The number of ether oxygens (including phenoxy) is 1. The Bertz CT molecular complexity index is 1010. The molecule has 2 aliphatic heterocycles. The number of nitrogens with zero attached hydrogens (tertiary/aromatic N) is 1. The van der Waals surface area contributed by atoms with Gasteiger partial charge < -0.3 is 9.26 Å². The minimum absolute atomic E-state index is 0.243. The summed E-state index contributed by atoms with van der Waals surface area (Å²) in [6.45, 7) is 0.918. The lowest BCUT2D eigenvalue weighted by atomic mass is 9.98. The Morgan fingerprint density at radius 1 is 1.30 bits per heavy atom. The van der Waals surface area contributed by atoms with Gasteiger partial charge in [-0.1, -0.05) is 18.2 Å². The molecule has 4 rings (SSSR count). The number of hydrogen-bond acceptors (Lipinski definition) is 7. The molecule has 2 aliphatic rings. The Balaban J connectivity index is 1.61.